The van der Waals surface area contributed by atoms with E-state index < -0.39 is 0 Å². The van der Waals surface area contributed by atoms with Gasteiger partial charge in [0.1, 0.15) is 0 Å². The first-order valence-electron chi connectivity index (χ1n) is 6.44. The molecule has 18 heavy (non-hydrogen) atoms. The summed E-state index contributed by atoms with van der Waals surface area (Å²) >= 11 is 1.41. The van der Waals surface area contributed by atoms with E-state index in [0.29, 0.717) is 11.8 Å². The highest BCUT2D eigenvalue weighted by atomic mass is 32.2. The Hall–Kier alpha value is -1.11. The monoisotopic (exact) mass is 269 g/mol. The quantitative estimate of drug-likeness (QED) is 0.758. The summed E-state index contributed by atoms with van der Waals surface area (Å²) in [5.41, 5.74) is 0. The second-order valence-corrected chi connectivity index (χ2v) is 5.45. The van der Waals surface area contributed by atoms with Crippen molar-refractivity contribution in [2.24, 2.45) is 0 Å². The summed E-state index contributed by atoms with van der Waals surface area (Å²) in [6.45, 7) is 4.16. The van der Waals surface area contributed by atoms with Gasteiger partial charge < -0.3 is 5.32 Å². The zero-order valence-electron chi connectivity index (χ0n) is 10.8. The Kier molecular flexibility index (Phi) is 4.57. The van der Waals surface area contributed by atoms with Gasteiger partial charge in [0, 0.05) is 6.04 Å². The van der Waals surface area contributed by atoms with Crippen LogP contribution in [-0.2, 0) is 4.79 Å². The van der Waals surface area contributed by atoms with Crippen molar-refractivity contribution in [1.29, 1.82) is 0 Å². The Morgan fingerprint density at radius 1 is 1.50 bits per heavy atom. The number of aromatic nitrogens is 4. The second kappa shape index (κ2) is 6.17. The van der Waals surface area contributed by atoms with E-state index in [1.54, 1.807) is 0 Å². The SMILES string of the molecule is CCC(CC)NC(=O)CSc1nnnn1C1CC1. The van der Waals surface area contributed by atoms with Crippen LogP contribution in [0.25, 0.3) is 0 Å². The van der Waals surface area contributed by atoms with Crippen molar-refractivity contribution in [2.45, 2.75) is 56.8 Å². The van der Waals surface area contributed by atoms with Gasteiger partial charge in [-0.05, 0) is 36.1 Å². The molecule has 1 aliphatic rings. The summed E-state index contributed by atoms with van der Waals surface area (Å²) in [5.74, 6) is 0.433. The van der Waals surface area contributed by atoms with Crippen LogP contribution in [0.1, 0.15) is 45.6 Å². The van der Waals surface area contributed by atoms with Crippen molar-refractivity contribution in [3.05, 3.63) is 0 Å². The lowest BCUT2D eigenvalue weighted by Crippen LogP contribution is -2.35. The van der Waals surface area contributed by atoms with Gasteiger partial charge in [0.25, 0.3) is 0 Å². The molecule has 0 atom stereocenters. The molecule has 0 unspecified atom stereocenters. The number of thioether (sulfide) groups is 1. The van der Waals surface area contributed by atoms with Crippen LogP contribution in [-0.4, -0.2) is 37.9 Å². The van der Waals surface area contributed by atoms with Gasteiger partial charge in [0.05, 0.1) is 11.8 Å². The van der Waals surface area contributed by atoms with E-state index in [2.05, 4.69) is 34.7 Å². The van der Waals surface area contributed by atoms with Crippen molar-refractivity contribution in [3.63, 3.8) is 0 Å². The van der Waals surface area contributed by atoms with Gasteiger partial charge in [-0.2, -0.15) is 0 Å². The van der Waals surface area contributed by atoms with Gasteiger partial charge in [-0.25, -0.2) is 4.68 Å². The van der Waals surface area contributed by atoms with Gasteiger partial charge in [0.2, 0.25) is 11.1 Å². The van der Waals surface area contributed by atoms with Gasteiger partial charge in [-0.1, -0.05) is 25.6 Å². The molecule has 0 aliphatic heterocycles. The minimum atomic E-state index is 0.0547. The molecule has 6 nitrogen and oxygen atoms in total. The van der Waals surface area contributed by atoms with Crippen molar-refractivity contribution in [3.8, 4) is 0 Å². The first-order chi connectivity index (χ1) is 8.74. The fourth-order valence-corrected chi connectivity index (χ4v) is 2.48. The van der Waals surface area contributed by atoms with Crippen LogP contribution in [0.15, 0.2) is 5.16 Å². The molecule has 2 rings (SSSR count). The number of carbonyl (C=O) groups excluding carboxylic acids is 1. The zero-order chi connectivity index (χ0) is 13.0. The molecule has 1 aliphatic carbocycles. The molecule has 0 bridgehead atoms. The number of hydrogen-bond donors (Lipinski definition) is 1. The molecule has 0 spiro atoms. The molecule has 0 saturated heterocycles. The predicted octanol–water partition coefficient (Wildman–Crippen LogP) is 1.40. The highest BCUT2D eigenvalue weighted by molar-refractivity contribution is 7.99. The lowest BCUT2D eigenvalue weighted by molar-refractivity contribution is -0.119. The molecular formula is C11H19N5OS. The standard InChI is InChI=1S/C11H19N5OS/c1-3-8(4-2)12-10(17)7-18-11-13-14-15-16(11)9-5-6-9/h8-9H,3-7H2,1-2H3,(H,12,17). The van der Waals surface area contributed by atoms with Crippen LogP contribution >= 0.6 is 11.8 Å². The minimum absolute atomic E-state index is 0.0547. The first kappa shape index (κ1) is 13.3. The second-order valence-electron chi connectivity index (χ2n) is 4.51. The van der Waals surface area contributed by atoms with Crippen molar-refractivity contribution < 1.29 is 4.79 Å². The van der Waals surface area contributed by atoms with Gasteiger partial charge in [-0.15, -0.1) is 5.10 Å². The summed E-state index contributed by atoms with van der Waals surface area (Å²) in [5, 5.41) is 15.3. The summed E-state index contributed by atoms with van der Waals surface area (Å²) in [4.78, 5) is 11.8. The third-order valence-electron chi connectivity index (χ3n) is 3.04. The van der Waals surface area contributed by atoms with Gasteiger partial charge in [-0.3, -0.25) is 4.79 Å². The molecule has 7 heteroatoms. The third-order valence-corrected chi connectivity index (χ3v) is 3.97. The Balaban J connectivity index is 1.80. The van der Waals surface area contributed by atoms with Crippen LogP contribution in [0.3, 0.4) is 0 Å². The van der Waals surface area contributed by atoms with Crippen molar-refractivity contribution >= 4 is 17.7 Å². The molecule has 1 saturated carbocycles. The molecule has 1 heterocycles. The largest absolute Gasteiger partial charge is 0.353 e. The molecule has 100 valence electrons. The maximum atomic E-state index is 11.8. The highest BCUT2D eigenvalue weighted by Gasteiger charge is 2.28. The molecule has 0 radical (unpaired) electrons. The van der Waals surface area contributed by atoms with Crippen LogP contribution in [0.5, 0.6) is 0 Å². The molecule has 1 fully saturated rings. The molecule has 1 N–H and O–H groups in total. The van der Waals surface area contributed by atoms with E-state index in [4.69, 9.17) is 0 Å². The lowest BCUT2D eigenvalue weighted by Gasteiger charge is -2.14. The number of carbonyl (C=O) groups is 1. The van der Waals surface area contributed by atoms with Gasteiger partial charge >= 0.3 is 0 Å². The molecule has 1 amide bonds. The Bertz CT molecular complexity index is 400. The van der Waals surface area contributed by atoms with Crippen LogP contribution in [0, 0.1) is 0 Å². The first-order valence-corrected chi connectivity index (χ1v) is 7.43. The summed E-state index contributed by atoms with van der Waals surface area (Å²) < 4.78 is 1.83. The number of tetrazole rings is 1. The van der Waals surface area contributed by atoms with Crippen LogP contribution in [0.2, 0.25) is 0 Å². The summed E-state index contributed by atoms with van der Waals surface area (Å²) in [6.07, 6.45) is 4.20. The number of rotatable bonds is 7. The van der Waals surface area contributed by atoms with E-state index in [-0.39, 0.29) is 11.9 Å². The lowest BCUT2D eigenvalue weighted by atomic mass is 10.2. The van der Waals surface area contributed by atoms with E-state index in [1.165, 1.54) is 11.8 Å². The summed E-state index contributed by atoms with van der Waals surface area (Å²) in [7, 11) is 0. The number of amides is 1. The van der Waals surface area contributed by atoms with Crippen molar-refractivity contribution in [1.82, 2.24) is 25.5 Å². The zero-order valence-corrected chi connectivity index (χ0v) is 11.6. The number of hydrogen-bond acceptors (Lipinski definition) is 5. The maximum Gasteiger partial charge on any atom is 0.230 e. The number of nitrogens with zero attached hydrogens (tertiary/aromatic N) is 4. The Morgan fingerprint density at radius 3 is 2.83 bits per heavy atom. The Morgan fingerprint density at radius 2 is 2.22 bits per heavy atom. The van der Waals surface area contributed by atoms with E-state index in [9.17, 15) is 4.79 Å². The number of nitrogens with one attached hydrogen (secondary N) is 1. The average Bonchev–Trinajstić information content (AvgIpc) is 3.12. The predicted molar refractivity (Wildman–Crippen MR) is 69.3 cm³/mol. The van der Waals surface area contributed by atoms with E-state index >= 15 is 0 Å². The topological polar surface area (TPSA) is 72.7 Å². The van der Waals surface area contributed by atoms with Crippen molar-refractivity contribution in [2.75, 3.05) is 5.75 Å². The highest BCUT2D eigenvalue weighted by Crippen LogP contribution is 2.36. The van der Waals surface area contributed by atoms with Gasteiger partial charge in [0.15, 0.2) is 0 Å². The fraction of sp³-hybridized carbons (Fsp3) is 0.818. The fourth-order valence-electron chi connectivity index (χ4n) is 1.72. The van der Waals surface area contributed by atoms with Crippen LogP contribution < -0.4 is 5.32 Å². The normalized spacial score (nSPS) is 15.1. The van der Waals surface area contributed by atoms with E-state index in [0.717, 1.165) is 30.8 Å². The Labute approximate surface area is 111 Å². The molecule has 1 aromatic rings. The van der Waals surface area contributed by atoms with Crippen LogP contribution in [0.4, 0.5) is 0 Å². The molecule has 0 aromatic carbocycles. The summed E-state index contributed by atoms with van der Waals surface area (Å²) in [6, 6.07) is 0.724. The third kappa shape index (κ3) is 3.44. The average molecular weight is 269 g/mol. The molecular weight excluding hydrogens is 250 g/mol. The minimum Gasteiger partial charge on any atom is -0.353 e. The maximum absolute atomic E-state index is 11.8. The van der Waals surface area contributed by atoms with E-state index in [1.807, 2.05) is 4.68 Å². The smallest absolute Gasteiger partial charge is 0.230 e. The molecule has 1 aromatic heterocycles.